The Morgan fingerprint density at radius 3 is 2.48 bits per heavy atom. The highest BCUT2D eigenvalue weighted by Crippen LogP contribution is 2.24. The molecule has 2 rings (SSSR count). The highest BCUT2D eigenvalue weighted by atomic mass is 32.2. The SMILES string of the molecule is Cc1cc(S(N)(=O)=O)cc(NC(=O)c2ocnc2C)c1C. The number of nitrogens with two attached hydrogens (primary N) is 1. The van der Waals surface area contributed by atoms with Gasteiger partial charge in [-0.25, -0.2) is 18.5 Å². The van der Waals surface area contributed by atoms with Crippen LogP contribution in [0.3, 0.4) is 0 Å². The maximum absolute atomic E-state index is 12.1. The van der Waals surface area contributed by atoms with Crippen molar-refractivity contribution in [2.75, 3.05) is 5.32 Å². The van der Waals surface area contributed by atoms with Crippen molar-refractivity contribution in [3.63, 3.8) is 0 Å². The smallest absolute Gasteiger partial charge is 0.293 e. The van der Waals surface area contributed by atoms with Gasteiger partial charge in [0.05, 0.1) is 10.6 Å². The van der Waals surface area contributed by atoms with Crippen molar-refractivity contribution in [3.8, 4) is 0 Å². The van der Waals surface area contributed by atoms with Crippen LogP contribution in [0.15, 0.2) is 27.8 Å². The highest BCUT2D eigenvalue weighted by Gasteiger charge is 2.18. The summed E-state index contributed by atoms with van der Waals surface area (Å²) in [6, 6.07) is 2.78. The van der Waals surface area contributed by atoms with Crippen molar-refractivity contribution in [2.45, 2.75) is 25.7 Å². The summed E-state index contributed by atoms with van der Waals surface area (Å²) in [7, 11) is -3.85. The fourth-order valence-electron chi connectivity index (χ4n) is 1.82. The Hall–Kier alpha value is -2.19. The Kier molecular flexibility index (Phi) is 3.84. The lowest BCUT2D eigenvalue weighted by Crippen LogP contribution is -2.16. The second kappa shape index (κ2) is 5.30. The maximum atomic E-state index is 12.1. The summed E-state index contributed by atoms with van der Waals surface area (Å²) in [6.07, 6.45) is 1.17. The van der Waals surface area contributed by atoms with E-state index in [-0.39, 0.29) is 10.7 Å². The Labute approximate surface area is 122 Å². The molecule has 0 saturated carbocycles. The third-order valence-electron chi connectivity index (χ3n) is 3.17. The first-order valence-electron chi connectivity index (χ1n) is 6.05. The van der Waals surface area contributed by atoms with Gasteiger partial charge in [-0.05, 0) is 44.0 Å². The van der Waals surface area contributed by atoms with Gasteiger partial charge in [-0.3, -0.25) is 4.79 Å². The number of oxazole rings is 1. The van der Waals surface area contributed by atoms with Crippen LogP contribution in [0.2, 0.25) is 0 Å². The first-order valence-corrected chi connectivity index (χ1v) is 7.60. The van der Waals surface area contributed by atoms with Gasteiger partial charge in [0, 0.05) is 5.69 Å². The molecule has 3 N–H and O–H groups in total. The normalized spacial score (nSPS) is 11.4. The molecule has 0 radical (unpaired) electrons. The number of hydrogen-bond donors (Lipinski definition) is 2. The van der Waals surface area contributed by atoms with Crippen LogP contribution >= 0.6 is 0 Å². The number of carbonyl (C=O) groups is 1. The summed E-state index contributed by atoms with van der Waals surface area (Å²) < 4.78 is 27.9. The molecule has 0 spiro atoms. The second-order valence-corrected chi connectivity index (χ2v) is 6.24. The van der Waals surface area contributed by atoms with Gasteiger partial charge in [-0.1, -0.05) is 0 Å². The van der Waals surface area contributed by atoms with E-state index < -0.39 is 15.9 Å². The third kappa shape index (κ3) is 3.11. The third-order valence-corrected chi connectivity index (χ3v) is 4.06. The van der Waals surface area contributed by atoms with Crippen molar-refractivity contribution < 1.29 is 17.6 Å². The Morgan fingerprint density at radius 1 is 1.29 bits per heavy atom. The van der Waals surface area contributed by atoms with Crippen LogP contribution in [0.1, 0.15) is 27.4 Å². The van der Waals surface area contributed by atoms with Crippen LogP contribution in [-0.4, -0.2) is 19.3 Å². The summed E-state index contributed by atoms with van der Waals surface area (Å²) >= 11 is 0. The average Bonchev–Trinajstić information content (AvgIpc) is 2.79. The number of hydrogen-bond acceptors (Lipinski definition) is 5. The fourth-order valence-corrected chi connectivity index (χ4v) is 2.44. The molecule has 112 valence electrons. The average molecular weight is 309 g/mol. The quantitative estimate of drug-likeness (QED) is 0.891. The monoisotopic (exact) mass is 309 g/mol. The molecule has 1 amide bonds. The Bertz CT molecular complexity index is 809. The standard InChI is InChI=1S/C13H15N3O4S/c1-7-4-10(21(14,18)19)5-11(8(7)2)16-13(17)12-9(3)15-6-20-12/h4-6H,1-3H3,(H,16,17)(H2,14,18,19). The van der Waals surface area contributed by atoms with Crippen molar-refractivity contribution in [1.29, 1.82) is 0 Å². The lowest BCUT2D eigenvalue weighted by atomic mass is 10.1. The molecule has 7 nitrogen and oxygen atoms in total. The van der Waals surface area contributed by atoms with Crippen LogP contribution in [-0.2, 0) is 10.0 Å². The van der Waals surface area contributed by atoms with E-state index in [9.17, 15) is 13.2 Å². The zero-order valence-electron chi connectivity index (χ0n) is 11.8. The Balaban J connectivity index is 2.43. The van der Waals surface area contributed by atoms with Crippen LogP contribution in [0.25, 0.3) is 0 Å². The Morgan fingerprint density at radius 2 is 1.95 bits per heavy atom. The molecule has 0 atom stereocenters. The van der Waals surface area contributed by atoms with Gasteiger partial charge in [0.1, 0.15) is 0 Å². The second-order valence-electron chi connectivity index (χ2n) is 4.68. The first-order chi connectivity index (χ1) is 9.70. The van der Waals surface area contributed by atoms with Crippen LogP contribution < -0.4 is 10.5 Å². The summed E-state index contributed by atoms with van der Waals surface area (Å²) in [5.74, 6) is -0.424. The summed E-state index contributed by atoms with van der Waals surface area (Å²) in [5, 5.41) is 7.74. The topological polar surface area (TPSA) is 115 Å². The molecule has 8 heteroatoms. The number of benzene rings is 1. The van der Waals surface area contributed by atoms with Gasteiger partial charge in [-0.15, -0.1) is 0 Å². The van der Waals surface area contributed by atoms with Gasteiger partial charge in [0.15, 0.2) is 6.39 Å². The van der Waals surface area contributed by atoms with Crippen LogP contribution in [0, 0.1) is 20.8 Å². The number of aromatic nitrogens is 1. The van der Waals surface area contributed by atoms with Gasteiger partial charge >= 0.3 is 0 Å². The largest absolute Gasteiger partial charge is 0.438 e. The van der Waals surface area contributed by atoms with Crippen molar-refractivity contribution in [2.24, 2.45) is 5.14 Å². The highest BCUT2D eigenvalue weighted by molar-refractivity contribution is 7.89. The zero-order chi connectivity index (χ0) is 15.8. The molecule has 1 aromatic carbocycles. The number of sulfonamides is 1. The summed E-state index contributed by atoms with van der Waals surface area (Å²) in [5.41, 5.74) is 2.25. The van der Waals surface area contributed by atoms with Crippen LogP contribution in [0.5, 0.6) is 0 Å². The number of amides is 1. The summed E-state index contributed by atoms with van der Waals surface area (Å²) in [6.45, 7) is 5.14. The molecule has 1 aromatic heterocycles. The van der Waals surface area contributed by atoms with E-state index in [1.165, 1.54) is 18.5 Å². The zero-order valence-corrected chi connectivity index (χ0v) is 12.6. The number of nitrogens with one attached hydrogen (secondary N) is 1. The van der Waals surface area contributed by atoms with E-state index in [0.717, 1.165) is 5.56 Å². The molecule has 0 aliphatic heterocycles. The fraction of sp³-hybridized carbons (Fsp3) is 0.231. The molecule has 0 unspecified atom stereocenters. The molecule has 0 fully saturated rings. The number of carbonyl (C=O) groups excluding carboxylic acids is 1. The molecule has 0 aliphatic rings. The minimum absolute atomic E-state index is 0.0600. The van der Waals surface area contributed by atoms with Gasteiger partial charge in [0.25, 0.3) is 5.91 Å². The van der Waals surface area contributed by atoms with E-state index >= 15 is 0 Å². The first kappa shape index (κ1) is 15.2. The molecule has 0 bridgehead atoms. The minimum atomic E-state index is -3.85. The molecule has 0 saturated heterocycles. The lowest BCUT2D eigenvalue weighted by Gasteiger charge is -2.12. The summed E-state index contributed by atoms with van der Waals surface area (Å²) in [4.78, 5) is 15.9. The molecule has 1 heterocycles. The van der Waals surface area contributed by atoms with Crippen molar-refractivity contribution in [3.05, 3.63) is 41.1 Å². The van der Waals surface area contributed by atoms with E-state index in [0.29, 0.717) is 16.9 Å². The van der Waals surface area contributed by atoms with E-state index in [4.69, 9.17) is 9.56 Å². The number of aryl methyl sites for hydroxylation is 2. The molecule has 0 aliphatic carbocycles. The molecular formula is C13H15N3O4S. The molecule has 2 aromatic rings. The minimum Gasteiger partial charge on any atom is -0.438 e. The molecular weight excluding hydrogens is 294 g/mol. The van der Waals surface area contributed by atoms with Gasteiger partial charge in [0.2, 0.25) is 15.8 Å². The van der Waals surface area contributed by atoms with E-state index in [1.807, 2.05) is 0 Å². The lowest BCUT2D eigenvalue weighted by molar-refractivity contribution is 0.0995. The number of nitrogens with zero attached hydrogens (tertiary/aromatic N) is 1. The van der Waals surface area contributed by atoms with Gasteiger partial charge < -0.3 is 9.73 Å². The van der Waals surface area contributed by atoms with E-state index in [1.54, 1.807) is 20.8 Å². The van der Waals surface area contributed by atoms with Gasteiger partial charge in [-0.2, -0.15) is 0 Å². The molecule has 21 heavy (non-hydrogen) atoms. The predicted molar refractivity (Wildman–Crippen MR) is 76.5 cm³/mol. The number of rotatable bonds is 3. The maximum Gasteiger partial charge on any atom is 0.293 e. The van der Waals surface area contributed by atoms with Crippen LogP contribution in [0.4, 0.5) is 5.69 Å². The van der Waals surface area contributed by atoms with Crippen molar-refractivity contribution in [1.82, 2.24) is 4.98 Å². The number of anilines is 1. The van der Waals surface area contributed by atoms with Crippen molar-refractivity contribution >= 4 is 21.6 Å². The van der Waals surface area contributed by atoms with E-state index in [2.05, 4.69) is 10.3 Å². The predicted octanol–water partition coefficient (Wildman–Crippen LogP) is 1.50. The number of primary sulfonamides is 1.